The molecule has 0 amide bonds. The minimum absolute atomic E-state index is 0.168. The van der Waals surface area contributed by atoms with Crippen LogP contribution in [-0.2, 0) is 16.4 Å². The lowest BCUT2D eigenvalue weighted by Crippen LogP contribution is -2.26. The van der Waals surface area contributed by atoms with Crippen LogP contribution >= 0.6 is 11.6 Å². The van der Waals surface area contributed by atoms with Gasteiger partial charge in [-0.1, -0.05) is 41.9 Å². The summed E-state index contributed by atoms with van der Waals surface area (Å²) < 4.78 is 27.1. The quantitative estimate of drug-likeness (QED) is 0.770. The van der Waals surface area contributed by atoms with Gasteiger partial charge in [0, 0.05) is 23.2 Å². The van der Waals surface area contributed by atoms with Crippen molar-refractivity contribution in [2.24, 2.45) is 0 Å². The summed E-state index contributed by atoms with van der Waals surface area (Å²) in [6.07, 6.45) is 2.30. The van der Waals surface area contributed by atoms with Crippen LogP contribution in [0.25, 0.3) is 10.9 Å². The Hall–Kier alpha value is -1.95. The Morgan fingerprint density at radius 2 is 1.83 bits per heavy atom. The van der Waals surface area contributed by atoms with E-state index < -0.39 is 10.0 Å². The molecule has 0 unspecified atom stereocenters. The molecular weight excluding hydrogens is 332 g/mol. The van der Waals surface area contributed by atoms with E-state index in [4.69, 9.17) is 11.6 Å². The lowest BCUT2D eigenvalue weighted by atomic mass is 10.1. The number of benzene rings is 2. The van der Waals surface area contributed by atoms with E-state index in [0.717, 1.165) is 16.5 Å². The molecule has 0 aliphatic rings. The Morgan fingerprint density at radius 3 is 2.65 bits per heavy atom. The van der Waals surface area contributed by atoms with Gasteiger partial charge in [0.1, 0.15) is 0 Å². The number of nitrogens with one attached hydrogen (secondary N) is 1. The van der Waals surface area contributed by atoms with E-state index >= 15 is 0 Å². The molecule has 3 aromatic rings. The van der Waals surface area contributed by atoms with Crippen LogP contribution in [0.1, 0.15) is 5.56 Å². The third-order valence-corrected chi connectivity index (χ3v) is 5.20. The first-order chi connectivity index (χ1) is 11.1. The molecule has 0 bridgehead atoms. The average Bonchev–Trinajstić information content (AvgIpc) is 2.55. The second kappa shape index (κ2) is 6.66. The summed E-state index contributed by atoms with van der Waals surface area (Å²) in [4.78, 5) is 4.54. The smallest absolute Gasteiger partial charge is 0.240 e. The van der Waals surface area contributed by atoms with Crippen LogP contribution < -0.4 is 4.72 Å². The highest BCUT2D eigenvalue weighted by molar-refractivity contribution is 7.89. The maximum atomic E-state index is 12.3. The summed E-state index contributed by atoms with van der Waals surface area (Å²) in [6.45, 7) is 0.296. The Labute approximate surface area is 140 Å². The van der Waals surface area contributed by atoms with Crippen molar-refractivity contribution in [3.05, 3.63) is 71.4 Å². The molecule has 0 atom stereocenters. The van der Waals surface area contributed by atoms with Gasteiger partial charge >= 0.3 is 0 Å². The van der Waals surface area contributed by atoms with Gasteiger partial charge in [0.15, 0.2) is 0 Å². The van der Waals surface area contributed by atoms with Crippen LogP contribution in [0.2, 0.25) is 5.02 Å². The summed E-state index contributed by atoms with van der Waals surface area (Å²) in [5.41, 5.74) is 1.91. The monoisotopic (exact) mass is 346 g/mol. The van der Waals surface area contributed by atoms with Crippen molar-refractivity contribution < 1.29 is 8.42 Å². The summed E-state index contributed by atoms with van der Waals surface area (Å²) in [7, 11) is -3.56. The van der Waals surface area contributed by atoms with Crippen molar-refractivity contribution in [3.8, 4) is 0 Å². The average molecular weight is 347 g/mol. The van der Waals surface area contributed by atoms with Gasteiger partial charge in [-0.2, -0.15) is 0 Å². The topological polar surface area (TPSA) is 59.1 Å². The molecule has 0 radical (unpaired) electrons. The molecule has 1 N–H and O–H groups in total. The molecule has 0 fully saturated rings. The number of sulfonamides is 1. The van der Waals surface area contributed by atoms with E-state index in [2.05, 4.69) is 9.71 Å². The molecule has 1 heterocycles. The molecule has 4 nitrogen and oxygen atoms in total. The number of pyridine rings is 1. The van der Waals surface area contributed by atoms with Crippen LogP contribution in [-0.4, -0.2) is 19.9 Å². The molecule has 2 aromatic carbocycles. The maximum Gasteiger partial charge on any atom is 0.240 e. The number of halogens is 1. The first-order valence-corrected chi connectivity index (χ1v) is 9.00. The second-order valence-electron chi connectivity index (χ2n) is 5.10. The number of para-hydroxylation sites is 1. The number of fused-ring (bicyclic) bond motifs is 1. The van der Waals surface area contributed by atoms with Gasteiger partial charge in [-0.25, -0.2) is 13.1 Å². The van der Waals surface area contributed by atoms with E-state index in [1.54, 1.807) is 18.3 Å². The SMILES string of the molecule is O=S(=O)(NCCc1cccc2cccnc12)c1cccc(Cl)c1. The molecule has 0 aliphatic heterocycles. The lowest BCUT2D eigenvalue weighted by Gasteiger charge is -2.08. The minimum atomic E-state index is -3.56. The van der Waals surface area contributed by atoms with E-state index in [1.165, 1.54) is 12.1 Å². The van der Waals surface area contributed by atoms with Gasteiger partial charge in [0.05, 0.1) is 10.4 Å². The summed E-state index contributed by atoms with van der Waals surface area (Å²) in [5, 5.41) is 1.44. The molecule has 3 rings (SSSR count). The van der Waals surface area contributed by atoms with E-state index in [0.29, 0.717) is 18.0 Å². The van der Waals surface area contributed by atoms with Crippen molar-refractivity contribution in [1.29, 1.82) is 0 Å². The fourth-order valence-electron chi connectivity index (χ4n) is 2.41. The van der Waals surface area contributed by atoms with Crippen LogP contribution in [0.4, 0.5) is 0 Å². The van der Waals surface area contributed by atoms with Gasteiger partial charge in [-0.05, 0) is 36.2 Å². The third-order valence-electron chi connectivity index (χ3n) is 3.51. The Kier molecular flexibility index (Phi) is 4.61. The van der Waals surface area contributed by atoms with Crippen molar-refractivity contribution in [2.75, 3.05) is 6.54 Å². The van der Waals surface area contributed by atoms with Crippen molar-refractivity contribution in [3.63, 3.8) is 0 Å². The number of rotatable bonds is 5. The zero-order valence-corrected chi connectivity index (χ0v) is 13.8. The van der Waals surface area contributed by atoms with E-state index in [1.807, 2.05) is 30.3 Å². The third kappa shape index (κ3) is 3.69. The predicted octanol–water partition coefficient (Wildman–Crippen LogP) is 3.41. The van der Waals surface area contributed by atoms with Gasteiger partial charge in [0.25, 0.3) is 0 Å². The number of hydrogen-bond acceptors (Lipinski definition) is 3. The molecule has 0 aliphatic carbocycles. The fourth-order valence-corrected chi connectivity index (χ4v) is 3.74. The van der Waals surface area contributed by atoms with Crippen LogP contribution in [0.15, 0.2) is 65.7 Å². The molecule has 0 saturated heterocycles. The largest absolute Gasteiger partial charge is 0.256 e. The minimum Gasteiger partial charge on any atom is -0.256 e. The van der Waals surface area contributed by atoms with Gasteiger partial charge < -0.3 is 0 Å². The Morgan fingerprint density at radius 1 is 1.04 bits per heavy atom. The fraction of sp³-hybridized carbons (Fsp3) is 0.118. The highest BCUT2D eigenvalue weighted by Gasteiger charge is 2.13. The van der Waals surface area contributed by atoms with E-state index in [-0.39, 0.29) is 4.90 Å². The molecule has 118 valence electrons. The zero-order chi connectivity index (χ0) is 16.3. The predicted molar refractivity (Wildman–Crippen MR) is 92.1 cm³/mol. The Bertz CT molecular complexity index is 937. The summed E-state index contributed by atoms with van der Waals surface area (Å²) in [6, 6.07) is 16.0. The van der Waals surface area contributed by atoms with Gasteiger partial charge in [-0.3, -0.25) is 4.98 Å². The highest BCUT2D eigenvalue weighted by Crippen LogP contribution is 2.17. The number of hydrogen-bond donors (Lipinski definition) is 1. The Balaban J connectivity index is 1.74. The highest BCUT2D eigenvalue weighted by atomic mass is 35.5. The maximum absolute atomic E-state index is 12.3. The van der Waals surface area contributed by atoms with Crippen molar-refractivity contribution in [2.45, 2.75) is 11.3 Å². The first-order valence-electron chi connectivity index (χ1n) is 7.14. The van der Waals surface area contributed by atoms with Crippen LogP contribution in [0.5, 0.6) is 0 Å². The van der Waals surface area contributed by atoms with Gasteiger partial charge in [0.2, 0.25) is 10.0 Å². The molecular formula is C17H15ClN2O2S. The number of nitrogens with zero attached hydrogens (tertiary/aromatic N) is 1. The zero-order valence-electron chi connectivity index (χ0n) is 12.2. The molecule has 23 heavy (non-hydrogen) atoms. The molecule has 6 heteroatoms. The normalized spacial score (nSPS) is 11.7. The van der Waals surface area contributed by atoms with Gasteiger partial charge in [-0.15, -0.1) is 0 Å². The van der Waals surface area contributed by atoms with Crippen LogP contribution in [0, 0.1) is 0 Å². The van der Waals surface area contributed by atoms with E-state index in [9.17, 15) is 8.42 Å². The summed E-state index contributed by atoms with van der Waals surface area (Å²) in [5.74, 6) is 0. The first kappa shape index (κ1) is 15.9. The second-order valence-corrected chi connectivity index (χ2v) is 7.30. The standard InChI is InChI=1S/C17H15ClN2O2S/c18-15-7-2-8-16(12-15)23(21,22)20-11-9-14-5-1-4-13-6-3-10-19-17(13)14/h1-8,10,12,20H,9,11H2. The van der Waals surface area contributed by atoms with Crippen LogP contribution in [0.3, 0.4) is 0 Å². The van der Waals surface area contributed by atoms with Crippen molar-refractivity contribution >= 4 is 32.5 Å². The number of aromatic nitrogens is 1. The molecule has 1 aromatic heterocycles. The molecule has 0 spiro atoms. The summed E-state index contributed by atoms with van der Waals surface area (Å²) >= 11 is 5.85. The van der Waals surface area contributed by atoms with Crippen molar-refractivity contribution in [1.82, 2.24) is 9.71 Å². The lowest BCUT2D eigenvalue weighted by molar-refractivity contribution is 0.581. The molecule has 0 saturated carbocycles.